The molecule has 2 aromatic carbocycles. The van der Waals surface area contributed by atoms with Gasteiger partial charge in [-0.1, -0.05) is 36.4 Å². The second-order valence-electron chi connectivity index (χ2n) is 7.01. The van der Waals surface area contributed by atoms with Gasteiger partial charge in [-0.15, -0.1) is 0 Å². The van der Waals surface area contributed by atoms with Crippen LogP contribution in [0.2, 0.25) is 0 Å². The highest BCUT2D eigenvalue weighted by Gasteiger charge is 2.34. The number of nitrogens with one attached hydrogen (secondary N) is 1. The molecule has 1 aliphatic heterocycles. The average Bonchev–Trinajstić information content (AvgIpc) is 3.36. The molecule has 162 valence electrons. The third kappa shape index (κ3) is 4.94. The van der Waals surface area contributed by atoms with E-state index >= 15 is 0 Å². The molecule has 2 heterocycles. The smallest absolute Gasteiger partial charge is 0.293 e. The highest BCUT2D eigenvalue weighted by Crippen LogP contribution is 2.32. The Labute approximate surface area is 187 Å². The Hall–Kier alpha value is -3.72. The number of hydrogen-bond donors (Lipinski definition) is 1. The van der Waals surface area contributed by atoms with E-state index in [2.05, 4.69) is 10.4 Å². The molecule has 1 aliphatic rings. The number of para-hydroxylation sites is 1. The first kappa shape index (κ1) is 21.5. The van der Waals surface area contributed by atoms with Gasteiger partial charge in [0.1, 0.15) is 5.82 Å². The molecule has 0 saturated carbocycles. The molecule has 9 heteroatoms. The minimum absolute atomic E-state index is 0.0360. The summed E-state index contributed by atoms with van der Waals surface area (Å²) in [4.78, 5) is 38.1. The summed E-state index contributed by atoms with van der Waals surface area (Å²) in [6.45, 7) is 0.158. The number of rotatable bonds is 7. The maximum atomic E-state index is 13.8. The number of hydrogen-bond acceptors (Lipinski definition) is 5. The van der Waals surface area contributed by atoms with Crippen LogP contribution in [-0.4, -0.2) is 44.8 Å². The van der Waals surface area contributed by atoms with Crippen molar-refractivity contribution < 1.29 is 18.8 Å². The fourth-order valence-electron chi connectivity index (χ4n) is 3.15. The van der Waals surface area contributed by atoms with E-state index in [1.165, 1.54) is 18.2 Å². The SMILES string of the molecule is O=C(Cc1cnn(-c2ccccc2)c1)NCCN1C(=O)S/C(=C\c2ccccc2F)C1=O. The molecule has 0 spiro atoms. The van der Waals surface area contributed by atoms with Crippen LogP contribution in [0.1, 0.15) is 11.1 Å². The van der Waals surface area contributed by atoms with Crippen LogP contribution in [-0.2, 0) is 16.0 Å². The topological polar surface area (TPSA) is 84.3 Å². The Balaban J connectivity index is 1.29. The monoisotopic (exact) mass is 450 g/mol. The van der Waals surface area contributed by atoms with Crippen LogP contribution in [0.5, 0.6) is 0 Å². The number of amides is 3. The second-order valence-corrected chi connectivity index (χ2v) is 8.00. The predicted octanol–water partition coefficient (Wildman–Crippen LogP) is 3.41. The first-order valence-electron chi connectivity index (χ1n) is 9.87. The lowest BCUT2D eigenvalue weighted by Gasteiger charge is -2.12. The van der Waals surface area contributed by atoms with Crippen molar-refractivity contribution in [2.45, 2.75) is 6.42 Å². The quantitative estimate of drug-likeness (QED) is 0.558. The van der Waals surface area contributed by atoms with Gasteiger partial charge in [0.2, 0.25) is 5.91 Å². The molecule has 0 bridgehead atoms. The minimum Gasteiger partial charge on any atom is -0.354 e. The van der Waals surface area contributed by atoms with E-state index < -0.39 is 17.0 Å². The summed E-state index contributed by atoms with van der Waals surface area (Å²) in [7, 11) is 0. The fourth-order valence-corrected chi connectivity index (χ4v) is 4.01. The molecule has 1 fully saturated rings. The van der Waals surface area contributed by atoms with Gasteiger partial charge >= 0.3 is 0 Å². The summed E-state index contributed by atoms with van der Waals surface area (Å²) >= 11 is 0.756. The van der Waals surface area contributed by atoms with Crippen molar-refractivity contribution in [1.29, 1.82) is 0 Å². The van der Waals surface area contributed by atoms with E-state index in [0.717, 1.165) is 27.9 Å². The van der Waals surface area contributed by atoms with Gasteiger partial charge in [0.15, 0.2) is 0 Å². The number of aromatic nitrogens is 2. The third-order valence-corrected chi connectivity index (χ3v) is 5.65. The largest absolute Gasteiger partial charge is 0.354 e. The van der Waals surface area contributed by atoms with E-state index in [-0.39, 0.29) is 35.9 Å². The van der Waals surface area contributed by atoms with Crippen LogP contribution in [0.25, 0.3) is 11.8 Å². The molecule has 0 atom stereocenters. The lowest BCUT2D eigenvalue weighted by atomic mass is 10.2. The zero-order chi connectivity index (χ0) is 22.5. The van der Waals surface area contributed by atoms with Gasteiger partial charge in [-0.25, -0.2) is 9.07 Å². The summed E-state index contributed by atoms with van der Waals surface area (Å²) < 4.78 is 15.5. The Morgan fingerprint density at radius 3 is 2.62 bits per heavy atom. The predicted molar refractivity (Wildman–Crippen MR) is 119 cm³/mol. The van der Waals surface area contributed by atoms with Crippen molar-refractivity contribution in [2.75, 3.05) is 13.1 Å². The van der Waals surface area contributed by atoms with E-state index in [1.54, 1.807) is 29.2 Å². The molecular weight excluding hydrogens is 431 g/mol. The lowest BCUT2D eigenvalue weighted by Crippen LogP contribution is -2.37. The highest BCUT2D eigenvalue weighted by atomic mass is 32.2. The summed E-state index contributed by atoms with van der Waals surface area (Å²) in [6.07, 6.45) is 4.89. The van der Waals surface area contributed by atoms with Crippen molar-refractivity contribution in [3.63, 3.8) is 0 Å². The van der Waals surface area contributed by atoms with Gasteiger partial charge in [0, 0.05) is 24.8 Å². The molecule has 1 saturated heterocycles. The molecule has 3 amide bonds. The van der Waals surface area contributed by atoms with Crippen LogP contribution in [0.15, 0.2) is 71.9 Å². The van der Waals surface area contributed by atoms with Crippen LogP contribution in [0.3, 0.4) is 0 Å². The first-order valence-corrected chi connectivity index (χ1v) is 10.7. The zero-order valence-electron chi connectivity index (χ0n) is 16.9. The van der Waals surface area contributed by atoms with E-state index in [4.69, 9.17) is 0 Å². The number of carbonyl (C=O) groups is 3. The fraction of sp³-hybridized carbons (Fsp3) is 0.130. The number of imide groups is 1. The second kappa shape index (κ2) is 9.61. The average molecular weight is 450 g/mol. The molecule has 1 N–H and O–H groups in total. The maximum Gasteiger partial charge on any atom is 0.293 e. The first-order chi connectivity index (χ1) is 15.5. The molecular formula is C23H19FN4O3S. The van der Waals surface area contributed by atoms with E-state index in [9.17, 15) is 18.8 Å². The van der Waals surface area contributed by atoms with Crippen molar-refractivity contribution in [3.05, 3.63) is 88.8 Å². The minimum atomic E-state index is -0.498. The normalized spacial score (nSPS) is 14.9. The lowest BCUT2D eigenvalue weighted by molar-refractivity contribution is -0.124. The van der Waals surface area contributed by atoms with Crippen molar-refractivity contribution in [1.82, 2.24) is 20.0 Å². The Morgan fingerprint density at radius 2 is 1.84 bits per heavy atom. The van der Waals surface area contributed by atoms with E-state index in [1.807, 2.05) is 30.3 Å². The van der Waals surface area contributed by atoms with Gasteiger partial charge in [-0.2, -0.15) is 5.10 Å². The van der Waals surface area contributed by atoms with Crippen LogP contribution in [0, 0.1) is 5.82 Å². The Bertz CT molecular complexity index is 1190. The zero-order valence-corrected chi connectivity index (χ0v) is 17.7. The molecule has 0 unspecified atom stereocenters. The number of halogens is 1. The Kier molecular flexibility index (Phi) is 6.46. The van der Waals surface area contributed by atoms with Crippen LogP contribution >= 0.6 is 11.8 Å². The molecule has 0 aliphatic carbocycles. The molecule has 7 nitrogen and oxygen atoms in total. The molecule has 0 radical (unpaired) electrons. The van der Waals surface area contributed by atoms with Gasteiger partial charge in [-0.05, 0) is 41.6 Å². The van der Waals surface area contributed by atoms with Crippen molar-refractivity contribution in [3.8, 4) is 5.69 Å². The molecule has 3 aromatic rings. The number of carbonyl (C=O) groups excluding carboxylic acids is 3. The standard InChI is InChI=1S/C23H19FN4O3S/c24-19-9-5-4-6-17(19)13-20-22(30)27(23(31)32-20)11-10-25-21(29)12-16-14-26-28(15-16)18-7-2-1-3-8-18/h1-9,13-15H,10-12H2,(H,25,29)/b20-13-. The molecule has 32 heavy (non-hydrogen) atoms. The van der Waals surface area contributed by atoms with Crippen LogP contribution in [0.4, 0.5) is 9.18 Å². The third-order valence-electron chi connectivity index (χ3n) is 4.74. The summed E-state index contributed by atoms with van der Waals surface area (Å²) in [5, 5.41) is 6.52. The number of benzene rings is 2. The van der Waals surface area contributed by atoms with Gasteiger partial charge < -0.3 is 5.32 Å². The summed E-state index contributed by atoms with van der Waals surface area (Å²) in [5.41, 5.74) is 1.87. The molecule has 1 aromatic heterocycles. The summed E-state index contributed by atoms with van der Waals surface area (Å²) in [6, 6.07) is 15.6. The van der Waals surface area contributed by atoms with E-state index in [0.29, 0.717) is 0 Å². The highest BCUT2D eigenvalue weighted by molar-refractivity contribution is 8.18. The maximum absolute atomic E-state index is 13.8. The number of nitrogens with zero attached hydrogens (tertiary/aromatic N) is 3. The van der Waals surface area contributed by atoms with Gasteiger partial charge in [0.25, 0.3) is 11.1 Å². The number of thioether (sulfide) groups is 1. The summed E-state index contributed by atoms with van der Waals surface area (Å²) in [5.74, 6) is -1.21. The van der Waals surface area contributed by atoms with Gasteiger partial charge in [0.05, 0.1) is 23.2 Å². The van der Waals surface area contributed by atoms with Crippen LogP contribution < -0.4 is 5.32 Å². The van der Waals surface area contributed by atoms with Crippen molar-refractivity contribution >= 4 is 34.9 Å². The van der Waals surface area contributed by atoms with Crippen molar-refractivity contribution in [2.24, 2.45) is 0 Å². The van der Waals surface area contributed by atoms with Gasteiger partial charge in [-0.3, -0.25) is 19.3 Å². The molecule has 4 rings (SSSR count). The Morgan fingerprint density at radius 1 is 1.09 bits per heavy atom.